The van der Waals surface area contributed by atoms with Gasteiger partial charge in [0.15, 0.2) is 0 Å². The molecule has 0 aromatic heterocycles. The van der Waals surface area contributed by atoms with Gasteiger partial charge in [-0.3, -0.25) is 0 Å². The van der Waals surface area contributed by atoms with Gasteiger partial charge in [-0.2, -0.15) is 0 Å². The van der Waals surface area contributed by atoms with E-state index in [0.717, 1.165) is 37.8 Å². The van der Waals surface area contributed by atoms with E-state index in [-0.39, 0.29) is 10.6 Å². The molecule has 1 aliphatic carbocycles. The van der Waals surface area contributed by atoms with Crippen LogP contribution in [-0.2, 0) is 10.0 Å². The molecule has 0 aliphatic heterocycles. The summed E-state index contributed by atoms with van der Waals surface area (Å²) in [6.07, 6.45) is 4.40. The van der Waals surface area contributed by atoms with Gasteiger partial charge in [0, 0.05) is 12.2 Å². The fourth-order valence-electron chi connectivity index (χ4n) is 2.26. The van der Waals surface area contributed by atoms with Gasteiger partial charge in [-0.15, -0.1) is 0 Å². The summed E-state index contributed by atoms with van der Waals surface area (Å²) in [6, 6.07) is 3.34. The maximum atomic E-state index is 13.1. The molecule has 1 aliphatic rings. The fraction of sp³-hybridized carbons (Fsp3) is 0.500. The highest BCUT2D eigenvalue weighted by molar-refractivity contribution is 7.89. The molecule has 0 radical (unpaired) electrons. The first-order valence-corrected chi connectivity index (χ1v) is 7.51. The van der Waals surface area contributed by atoms with Crippen molar-refractivity contribution in [1.82, 2.24) is 4.72 Å². The summed E-state index contributed by atoms with van der Waals surface area (Å²) in [6.45, 7) is 0.415. The molecule has 1 aromatic carbocycles. The largest absolute Gasteiger partial charge is 0.399 e. The average Bonchev–Trinajstić information content (AvgIpc) is 2.78. The first-order chi connectivity index (χ1) is 8.47. The maximum Gasteiger partial charge on any atom is 0.240 e. The summed E-state index contributed by atoms with van der Waals surface area (Å²) >= 11 is 0. The first-order valence-electron chi connectivity index (χ1n) is 6.03. The molecular weight excluding hydrogens is 255 g/mol. The normalized spacial score (nSPS) is 17.2. The van der Waals surface area contributed by atoms with Gasteiger partial charge in [0.05, 0.1) is 4.90 Å². The minimum atomic E-state index is -3.66. The molecule has 0 atom stereocenters. The smallest absolute Gasteiger partial charge is 0.240 e. The van der Waals surface area contributed by atoms with E-state index in [1.165, 1.54) is 6.07 Å². The standard InChI is InChI=1S/C12H17FN2O2S/c13-10-5-11(14)7-12(6-10)18(16,17)15-8-9-3-1-2-4-9/h5-7,9,15H,1-4,8,14H2. The van der Waals surface area contributed by atoms with E-state index in [1.807, 2.05) is 0 Å². The van der Waals surface area contributed by atoms with Crippen LogP contribution in [0.5, 0.6) is 0 Å². The molecule has 0 bridgehead atoms. The molecule has 1 saturated carbocycles. The van der Waals surface area contributed by atoms with E-state index in [0.29, 0.717) is 12.5 Å². The number of nitrogens with two attached hydrogens (primary N) is 1. The fourth-order valence-corrected chi connectivity index (χ4v) is 3.45. The quantitative estimate of drug-likeness (QED) is 0.822. The second-order valence-corrected chi connectivity index (χ2v) is 6.49. The van der Waals surface area contributed by atoms with E-state index in [2.05, 4.69) is 4.72 Å². The number of anilines is 1. The van der Waals surface area contributed by atoms with E-state index >= 15 is 0 Å². The summed E-state index contributed by atoms with van der Waals surface area (Å²) < 4.78 is 39.6. The molecule has 0 spiro atoms. The molecule has 0 heterocycles. The van der Waals surface area contributed by atoms with Crippen molar-refractivity contribution in [2.75, 3.05) is 12.3 Å². The summed E-state index contributed by atoms with van der Waals surface area (Å²) in [5, 5.41) is 0. The highest BCUT2D eigenvalue weighted by atomic mass is 32.2. The third-order valence-electron chi connectivity index (χ3n) is 3.24. The highest BCUT2D eigenvalue weighted by Gasteiger charge is 2.20. The van der Waals surface area contributed by atoms with Gasteiger partial charge in [0.2, 0.25) is 10.0 Å². The van der Waals surface area contributed by atoms with Crippen LogP contribution in [0.3, 0.4) is 0 Å². The second kappa shape index (κ2) is 5.24. The second-order valence-electron chi connectivity index (χ2n) is 4.72. The number of hydrogen-bond acceptors (Lipinski definition) is 3. The molecule has 100 valence electrons. The number of rotatable bonds is 4. The van der Waals surface area contributed by atoms with Crippen molar-refractivity contribution in [2.24, 2.45) is 5.92 Å². The Morgan fingerprint density at radius 2 is 1.94 bits per heavy atom. The molecule has 6 heteroatoms. The van der Waals surface area contributed by atoms with Crippen LogP contribution in [0.4, 0.5) is 10.1 Å². The highest BCUT2D eigenvalue weighted by Crippen LogP contribution is 2.24. The molecule has 1 fully saturated rings. The summed E-state index contributed by atoms with van der Waals surface area (Å²) in [4.78, 5) is -0.113. The van der Waals surface area contributed by atoms with Crippen LogP contribution in [0.1, 0.15) is 25.7 Å². The van der Waals surface area contributed by atoms with Crippen LogP contribution in [0, 0.1) is 11.7 Å². The lowest BCUT2D eigenvalue weighted by atomic mass is 10.1. The lowest BCUT2D eigenvalue weighted by molar-refractivity contribution is 0.519. The molecule has 0 saturated heterocycles. The Hall–Kier alpha value is -1.14. The van der Waals surface area contributed by atoms with Crippen molar-refractivity contribution in [1.29, 1.82) is 0 Å². The zero-order chi connectivity index (χ0) is 13.2. The Kier molecular flexibility index (Phi) is 3.87. The van der Waals surface area contributed by atoms with Crippen molar-refractivity contribution in [3.05, 3.63) is 24.0 Å². The van der Waals surface area contributed by atoms with Gasteiger partial charge in [-0.25, -0.2) is 17.5 Å². The monoisotopic (exact) mass is 272 g/mol. The van der Waals surface area contributed by atoms with Gasteiger partial charge >= 0.3 is 0 Å². The molecule has 2 rings (SSSR count). The lowest BCUT2D eigenvalue weighted by Crippen LogP contribution is -2.28. The number of halogens is 1. The number of nitrogen functional groups attached to an aromatic ring is 1. The van der Waals surface area contributed by atoms with Crippen LogP contribution < -0.4 is 10.5 Å². The molecule has 18 heavy (non-hydrogen) atoms. The van der Waals surface area contributed by atoms with Crippen molar-refractivity contribution in [3.63, 3.8) is 0 Å². The van der Waals surface area contributed by atoms with Gasteiger partial charge in [0.1, 0.15) is 5.82 Å². The van der Waals surface area contributed by atoms with Crippen LogP contribution in [-0.4, -0.2) is 15.0 Å². The molecule has 0 unspecified atom stereocenters. The Bertz CT molecular complexity index is 505. The van der Waals surface area contributed by atoms with Crippen LogP contribution in [0.2, 0.25) is 0 Å². The van der Waals surface area contributed by atoms with Crippen LogP contribution in [0.15, 0.2) is 23.1 Å². The third-order valence-corrected chi connectivity index (χ3v) is 4.64. The van der Waals surface area contributed by atoms with E-state index < -0.39 is 15.8 Å². The average molecular weight is 272 g/mol. The Labute approximate surface area is 106 Å². The summed E-state index contributed by atoms with van der Waals surface area (Å²) in [5.41, 5.74) is 5.55. The van der Waals surface area contributed by atoms with Crippen molar-refractivity contribution in [3.8, 4) is 0 Å². The molecule has 3 N–H and O–H groups in total. The SMILES string of the molecule is Nc1cc(F)cc(S(=O)(=O)NCC2CCCC2)c1. The molecular formula is C12H17FN2O2S. The number of hydrogen-bond donors (Lipinski definition) is 2. The van der Waals surface area contributed by atoms with E-state index in [9.17, 15) is 12.8 Å². The van der Waals surface area contributed by atoms with Crippen molar-refractivity contribution in [2.45, 2.75) is 30.6 Å². The maximum absolute atomic E-state index is 13.1. The number of benzene rings is 1. The first kappa shape index (κ1) is 13.3. The zero-order valence-corrected chi connectivity index (χ0v) is 10.8. The summed E-state index contributed by atoms with van der Waals surface area (Å²) in [5.74, 6) is -0.248. The van der Waals surface area contributed by atoms with Gasteiger partial charge in [-0.05, 0) is 37.0 Å². The van der Waals surface area contributed by atoms with Crippen molar-refractivity contribution >= 4 is 15.7 Å². The Morgan fingerprint density at radius 3 is 2.56 bits per heavy atom. The van der Waals surface area contributed by atoms with Crippen LogP contribution >= 0.6 is 0 Å². The third kappa shape index (κ3) is 3.20. The van der Waals surface area contributed by atoms with Crippen LogP contribution in [0.25, 0.3) is 0 Å². The van der Waals surface area contributed by atoms with E-state index in [4.69, 9.17) is 5.73 Å². The Morgan fingerprint density at radius 1 is 1.28 bits per heavy atom. The minimum Gasteiger partial charge on any atom is -0.399 e. The van der Waals surface area contributed by atoms with Gasteiger partial charge in [0.25, 0.3) is 0 Å². The molecule has 1 aromatic rings. The predicted octanol–water partition coefficient (Wildman–Crippen LogP) is 1.88. The van der Waals surface area contributed by atoms with E-state index in [1.54, 1.807) is 0 Å². The number of sulfonamides is 1. The minimum absolute atomic E-state index is 0.108. The summed E-state index contributed by atoms with van der Waals surface area (Å²) in [7, 11) is -3.66. The van der Waals surface area contributed by atoms with Gasteiger partial charge in [-0.1, -0.05) is 12.8 Å². The topological polar surface area (TPSA) is 72.2 Å². The molecule has 4 nitrogen and oxygen atoms in total. The number of nitrogens with one attached hydrogen (secondary N) is 1. The van der Waals surface area contributed by atoms with Gasteiger partial charge < -0.3 is 5.73 Å². The lowest BCUT2D eigenvalue weighted by Gasteiger charge is -2.11. The Balaban J connectivity index is 2.09. The molecule has 0 amide bonds. The zero-order valence-electron chi connectivity index (χ0n) is 10.0. The predicted molar refractivity (Wildman–Crippen MR) is 68.0 cm³/mol. The van der Waals surface area contributed by atoms with Crippen molar-refractivity contribution < 1.29 is 12.8 Å².